The first kappa shape index (κ1) is 17.8. The number of nitrogens with one attached hydrogen (secondary N) is 1. The second-order valence-electron chi connectivity index (χ2n) is 6.52. The van der Waals surface area contributed by atoms with Gasteiger partial charge in [-0.05, 0) is 41.3 Å². The molecule has 0 aliphatic carbocycles. The van der Waals surface area contributed by atoms with Crippen LogP contribution in [-0.4, -0.2) is 10.9 Å². The summed E-state index contributed by atoms with van der Waals surface area (Å²) in [5.41, 5.74) is 1.58. The van der Waals surface area contributed by atoms with E-state index in [2.05, 4.69) is 5.32 Å². The number of hydrogen-bond donors (Lipinski definition) is 1. The van der Waals surface area contributed by atoms with Crippen molar-refractivity contribution in [3.63, 3.8) is 0 Å². The molecule has 2 amide bonds. The molecule has 0 unspecified atom stereocenters. The number of carbonyl (C=O) groups excluding carboxylic acids is 1. The lowest BCUT2D eigenvalue weighted by Crippen LogP contribution is -2.34. The molecule has 0 saturated heterocycles. The van der Waals surface area contributed by atoms with E-state index in [1.807, 2.05) is 48.5 Å². The normalized spacial score (nSPS) is 10.8. The Morgan fingerprint density at radius 1 is 0.893 bits per heavy atom. The van der Waals surface area contributed by atoms with Gasteiger partial charge in [0.15, 0.2) is 0 Å². The van der Waals surface area contributed by atoms with Crippen LogP contribution in [0.1, 0.15) is 11.3 Å². The minimum Gasteiger partial charge on any atom is -0.467 e. The zero-order chi connectivity index (χ0) is 19.3. The molecular weight excluding hydrogens is 355 g/mol. The van der Waals surface area contributed by atoms with Crippen LogP contribution in [0.25, 0.3) is 10.8 Å². The van der Waals surface area contributed by atoms with Gasteiger partial charge >= 0.3 is 6.03 Å². The molecule has 4 nitrogen and oxygen atoms in total. The third kappa shape index (κ3) is 4.04. The number of urea groups is 1. The molecular formula is C23H19FN2O2. The minimum atomic E-state index is -0.304. The minimum absolute atomic E-state index is 0.253. The first-order valence-corrected chi connectivity index (χ1v) is 8.99. The summed E-state index contributed by atoms with van der Waals surface area (Å²) in [7, 11) is 0. The molecule has 140 valence electrons. The van der Waals surface area contributed by atoms with Gasteiger partial charge in [-0.1, -0.05) is 48.5 Å². The molecule has 0 atom stereocenters. The standard InChI is InChI=1S/C23H19FN2O2/c24-19-12-10-17(11-13-19)15-26(16-20-7-4-14-28-20)23(27)25-22-9-3-6-18-5-1-2-8-21(18)22/h1-14H,15-16H2,(H,25,27). The highest BCUT2D eigenvalue weighted by Crippen LogP contribution is 2.24. The maximum Gasteiger partial charge on any atom is 0.322 e. The molecule has 0 aliphatic rings. The second-order valence-corrected chi connectivity index (χ2v) is 6.52. The molecule has 0 spiro atoms. The van der Waals surface area contributed by atoms with Crippen LogP contribution in [-0.2, 0) is 13.1 Å². The van der Waals surface area contributed by atoms with E-state index in [1.54, 1.807) is 29.4 Å². The van der Waals surface area contributed by atoms with Gasteiger partial charge in [-0.15, -0.1) is 0 Å². The van der Waals surface area contributed by atoms with Crippen LogP contribution in [0, 0.1) is 5.82 Å². The molecule has 28 heavy (non-hydrogen) atoms. The van der Waals surface area contributed by atoms with E-state index in [0.717, 1.165) is 22.0 Å². The Labute approximate surface area is 162 Å². The average molecular weight is 374 g/mol. The zero-order valence-electron chi connectivity index (χ0n) is 15.1. The van der Waals surface area contributed by atoms with E-state index in [-0.39, 0.29) is 11.8 Å². The van der Waals surface area contributed by atoms with Gasteiger partial charge in [0.2, 0.25) is 0 Å². The van der Waals surface area contributed by atoms with Crippen molar-refractivity contribution in [2.24, 2.45) is 0 Å². The van der Waals surface area contributed by atoms with E-state index in [4.69, 9.17) is 4.42 Å². The fraction of sp³-hybridized carbons (Fsp3) is 0.0870. The zero-order valence-corrected chi connectivity index (χ0v) is 15.1. The molecule has 5 heteroatoms. The van der Waals surface area contributed by atoms with Gasteiger partial charge in [-0.25, -0.2) is 9.18 Å². The number of amides is 2. The molecule has 1 aromatic heterocycles. The number of fused-ring (bicyclic) bond motifs is 1. The molecule has 1 N–H and O–H groups in total. The van der Waals surface area contributed by atoms with E-state index in [9.17, 15) is 9.18 Å². The molecule has 0 aliphatic heterocycles. The first-order valence-electron chi connectivity index (χ1n) is 8.99. The van der Waals surface area contributed by atoms with Crippen LogP contribution in [0.2, 0.25) is 0 Å². The van der Waals surface area contributed by atoms with Crippen LogP contribution in [0.3, 0.4) is 0 Å². The van der Waals surface area contributed by atoms with Gasteiger partial charge in [-0.2, -0.15) is 0 Å². The number of furan rings is 1. The van der Waals surface area contributed by atoms with Crippen molar-refractivity contribution in [1.82, 2.24) is 4.90 Å². The van der Waals surface area contributed by atoms with Gasteiger partial charge in [-0.3, -0.25) is 0 Å². The molecule has 0 radical (unpaired) electrons. The Hall–Kier alpha value is -3.60. The smallest absolute Gasteiger partial charge is 0.322 e. The Kier molecular flexibility index (Phi) is 5.06. The van der Waals surface area contributed by atoms with Gasteiger partial charge in [0.1, 0.15) is 11.6 Å². The number of halogens is 1. The lowest BCUT2D eigenvalue weighted by Gasteiger charge is -2.23. The van der Waals surface area contributed by atoms with Gasteiger partial charge in [0, 0.05) is 11.9 Å². The number of anilines is 1. The van der Waals surface area contributed by atoms with Crippen molar-refractivity contribution in [2.45, 2.75) is 13.1 Å². The SMILES string of the molecule is O=C(Nc1cccc2ccccc12)N(Cc1ccc(F)cc1)Cc1ccco1. The Bertz CT molecular complexity index is 1070. The number of hydrogen-bond acceptors (Lipinski definition) is 2. The highest BCUT2D eigenvalue weighted by Gasteiger charge is 2.17. The Balaban J connectivity index is 1.59. The highest BCUT2D eigenvalue weighted by atomic mass is 19.1. The summed E-state index contributed by atoms with van der Waals surface area (Å²) >= 11 is 0. The summed E-state index contributed by atoms with van der Waals surface area (Å²) in [6.45, 7) is 0.637. The molecule has 0 saturated carbocycles. The Morgan fingerprint density at radius 3 is 2.46 bits per heavy atom. The largest absolute Gasteiger partial charge is 0.467 e. The second kappa shape index (κ2) is 7.96. The predicted octanol–water partition coefficient (Wildman–Crippen LogP) is 5.81. The molecule has 1 heterocycles. The maximum atomic E-state index is 13.2. The number of benzene rings is 3. The average Bonchev–Trinajstić information content (AvgIpc) is 3.22. The van der Waals surface area contributed by atoms with E-state index in [0.29, 0.717) is 18.8 Å². The van der Waals surface area contributed by atoms with Crippen LogP contribution in [0.15, 0.2) is 89.5 Å². The third-order valence-corrected chi connectivity index (χ3v) is 4.53. The maximum absolute atomic E-state index is 13.2. The van der Waals surface area contributed by atoms with Crippen molar-refractivity contribution in [2.75, 3.05) is 5.32 Å². The summed E-state index contributed by atoms with van der Waals surface area (Å²) < 4.78 is 18.6. The fourth-order valence-corrected chi connectivity index (χ4v) is 3.13. The van der Waals surface area contributed by atoms with Gasteiger partial charge < -0.3 is 14.6 Å². The Morgan fingerprint density at radius 2 is 1.68 bits per heavy atom. The van der Waals surface area contributed by atoms with Crippen LogP contribution < -0.4 is 5.32 Å². The summed E-state index contributed by atoms with van der Waals surface area (Å²) in [6.07, 6.45) is 1.58. The van der Waals surface area contributed by atoms with E-state index in [1.165, 1.54) is 12.1 Å². The molecule has 0 fully saturated rings. The number of rotatable bonds is 5. The van der Waals surface area contributed by atoms with Crippen molar-refractivity contribution in [1.29, 1.82) is 0 Å². The summed E-state index contributed by atoms with van der Waals surface area (Å²) in [5, 5.41) is 5.02. The number of carbonyl (C=O) groups is 1. The van der Waals surface area contributed by atoms with Crippen LogP contribution in [0.5, 0.6) is 0 Å². The first-order chi connectivity index (χ1) is 13.7. The lowest BCUT2D eigenvalue weighted by atomic mass is 10.1. The van der Waals surface area contributed by atoms with E-state index >= 15 is 0 Å². The van der Waals surface area contributed by atoms with Crippen LogP contribution >= 0.6 is 0 Å². The van der Waals surface area contributed by atoms with E-state index < -0.39 is 0 Å². The van der Waals surface area contributed by atoms with Gasteiger partial charge in [0.25, 0.3) is 0 Å². The lowest BCUT2D eigenvalue weighted by molar-refractivity contribution is 0.201. The molecule has 0 bridgehead atoms. The summed E-state index contributed by atoms with van der Waals surface area (Å²) in [4.78, 5) is 14.7. The highest BCUT2D eigenvalue weighted by molar-refractivity contribution is 6.01. The van der Waals surface area contributed by atoms with Crippen molar-refractivity contribution >= 4 is 22.5 Å². The van der Waals surface area contributed by atoms with Crippen LogP contribution in [0.4, 0.5) is 14.9 Å². The van der Waals surface area contributed by atoms with Crippen molar-refractivity contribution < 1.29 is 13.6 Å². The summed E-state index contributed by atoms with van der Waals surface area (Å²) in [5.74, 6) is 0.372. The van der Waals surface area contributed by atoms with Crippen molar-refractivity contribution in [3.8, 4) is 0 Å². The van der Waals surface area contributed by atoms with Gasteiger partial charge in [0.05, 0.1) is 18.5 Å². The monoisotopic (exact) mass is 374 g/mol. The molecule has 3 aromatic carbocycles. The topological polar surface area (TPSA) is 45.5 Å². The molecule has 4 aromatic rings. The number of nitrogens with zero attached hydrogens (tertiary/aromatic N) is 1. The fourth-order valence-electron chi connectivity index (χ4n) is 3.13. The predicted molar refractivity (Wildman–Crippen MR) is 107 cm³/mol. The van der Waals surface area contributed by atoms with Crippen molar-refractivity contribution in [3.05, 3.63) is 102 Å². The third-order valence-electron chi connectivity index (χ3n) is 4.53. The summed E-state index contributed by atoms with van der Waals surface area (Å²) in [6, 6.07) is 23.2. The quantitative estimate of drug-likeness (QED) is 0.479. The molecule has 4 rings (SSSR count).